The zero-order chi connectivity index (χ0) is 15.5. The number of carboxylic acids is 1. The van der Waals surface area contributed by atoms with Gasteiger partial charge in [0.1, 0.15) is 0 Å². The molecular weight excluding hydrogens is 291 g/mol. The van der Waals surface area contributed by atoms with Crippen molar-refractivity contribution in [3.63, 3.8) is 0 Å². The Hall–Kier alpha value is -0.710. The molecule has 1 N–H and O–H groups in total. The van der Waals surface area contributed by atoms with Gasteiger partial charge in [-0.1, -0.05) is 39.5 Å². The van der Waals surface area contributed by atoms with E-state index in [2.05, 4.69) is 13.8 Å². The van der Waals surface area contributed by atoms with E-state index in [1.54, 1.807) is 18.2 Å². The van der Waals surface area contributed by atoms with E-state index in [9.17, 15) is 4.79 Å². The number of ether oxygens (including phenoxy) is 2. The molecule has 0 radical (unpaired) electrons. The van der Waals surface area contributed by atoms with Crippen molar-refractivity contribution in [1.29, 1.82) is 0 Å². The molecule has 0 saturated carbocycles. The predicted molar refractivity (Wildman–Crippen MR) is 84.6 cm³/mol. The summed E-state index contributed by atoms with van der Waals surface area (Å²) < 4.78 is 11.4. The molecule has 0 aromatic heterocycles. The number of unbranched alkanes of at least 4 members (excludes halogenated alkanes) is 4. The number of carboxylic acid groups (broad SMARTS) is 1. The molecule has 0 spiro atoms. The standard InChI is InChI=1S/C17H26O4.Na.H/c1-3-5-7-11-20-15-10-9-14(17(18)19)13-16(15)21-12-8-6-4-2;;/h9-10,13H,3-8,11-12H2,1-2H3,(H,18,19);;/q;+1;-1. The Morgan fingerprint density at radius 2 is 1.55 bits per heavy atom. The van der Waals surface area contributed by atoms with Gasteiger partial charge in [-0.25, -0.2) is 4.79 Å². The summed E-state index contributed by atoms with van der Waals surface area (Å²) in [5.41, 5.74) is 0.224. The second-order valence-corrected chi connectivity index (χ2v) is 5.08. The average Bonchev–Trinajstić information content (AvgIpc) is 2.48. The molecule has 1 aromatic carbocycles. The van der Waals surface area contributed by atoms with E-state index < -0.39 is 5.97 Å². The van der Waals surface area contributed by atoms with Crippen LogP contribution < -0.4 is 39.0 Å². The first-order valence-corrected chi connectivity index (χ1v) is 7.82. The normalized spacial score (nSPS) is 9.91. The average molecular weight is 318 g/mol. The summed E-state index contributed by atoms with van der Waals surface area (Å²) in [6, 6.07) is 4.78. The fourth-order valence-electron chi connectivity index (χ4n) is 1.94. The Bertz CT molecular complexity index is 441. The van der Waals surface area contributed by atoms with Crippen molar-refractivity contribution in [2.75, 3.05) is 13.2 Å². The minimum atomic E-state index is -0.953. The topological polar surface area (TPSA) is 55.8 Å². The van der Waals surface area contributed by atoms with Crippen LogP contribution in [0.2, 0.25) is 0 Å². The van der Waals surface area contributed by atoms with Gasteiger partial charge in [0, 0.05) is 0 Å². The molecule has 0 aliphatic heterocycles. The molecule has 0 atom stereocenters. The van der Waals surface area contributed by atoms with Crippen molar-refractivity contribution in [2.24, 2.45) is 0 Å². The fourth-order valence-corrected chi connectivity index (χ4v) is 1.94. The summed E-state index contributed by atoms with van der Waals surface area (Å²) in [5.74, 6) is 0.209. The van der Waals surface area contributed by atoms with Gasteiger partial charge in [-0.05, 0) is 31.0 Å². The predicted octanol–water partition coefficient (Wildman–Crippen LogP) is 1.64. The summed E-state index contributed by atoms with van der Waals surface area (Å²) in [7, 11) is 0. The van der Waals surface area contributed by atoms with Crippen LogP contribution in [0.5, 0.6) is 11.5 Å². The van der Waals surface area contributed by atoms with Crippen LogP contribution in [-0.2, 0) is 0 Å². The van der Waals surface area contributed by atoms with Crippen molar-refractivity contribution in [2.45, 2.75) is 52.4 Å². The molecular formula is C17H27NaO4. The Labute approximate surface area is 157 Å². The number of rotatable bonds is 11. The van der Waals surface area contributed by atoms with Crippen LogP contribution >= 0.6 is 0 Å². The molecule has 0 bridgehead atoms. The van der Waals surface area contributed by atoms with Crippen LogP contribution in [0.15, 0.2) is 18.2 Å². The molecule has 22 heavy (non-hydrogen) atoms. The molecule has 0 aliphatic rings. The summed E-state index contributed by atoms with van der Waals surface area (Å²) in [6.45, 7) is 5.49. The third-order valence-electron chi connectivity index (χ3n) is 3.20. The first-order chi connectivity index (χ1) is 10.2. The van der Waals surface area contributed by atoms with Crippen LogP contribution in [0.25, 0.3) is 0 Å². The van der Waals surface area contributed by atoms with Crippen LogP contribution in [0.1, 0.15) is 64.2 Å². The summed E-state index contributed by atoms with van der Waals surface area (Å²) in [4.78, 5) is 11.0. The van der Waals surface area contributed by atoms with Gasteiger partial charge in [-0.2, -0.15) is 0 Å². The van der Waals surface area contributed by atoms with Crippen LogP contribution in [0.4, 0.5) is 0 Å². The zero-order valence-corrected chi connectivity index (χ0v) is 16.1. The molecule has 1 rings (SSSR count). The fraction of sp³-hybridized carbons (Fsp3) is 0.588. The van der Waals surface area contributed by atoms with E-state index in [0.29, 0.717) is 24.7 Å². The summed E-state index contributed by atoms with van der Waals surface area (Å²) in [5, 5.41) is 9.06. The van der Waals surface area contributed by atoms with Crippen molar-refractivity contribution in [3.8, 4) is 11.5 Å². The number of aromatic carboxylic acids is 1. The number of hydrogen-bond acceptors (Lipinski definition) is 3. The largest absolute Gasteiger partial charge is 1.00 e. The zero-order valence-electron chi connectivity index (χ0n) is 15.1. The van der Waals surface area contributed by atoms with E-state index >= 15 is 0 Å². The number of carbonyl (C=O) groups is 1. The molecule has 0 aliphatic carbocycles. The molecule has 0 amide bonds. The summed E-state index contributed by atoms with van der Waals surface area (Å²) in [6.07, 6.45) is 6.45. The van der Waals surface area contributed by atoms with E-state index in [4.69, 9.17) is 14.6 Å². The molecule has 1 aromatic rings. The van der Waals surface area contributed by atoms with E-state index in [1.807, 2.05) is 0 Å². The molecule has 120 valence electrons. The van der Waals surface area contributed by atoms with Crippen molar-refractivity contribution < 1.29 is 50.4 Å². The smallest absolute Gasteiger partial charge is 1.00 e. The van der Waals surface area contributed by atoms with Crippen molar-refractivity contribution >= 4 is 5.97 Å². The van der Waals surface area contributed by atoms with Crippen LogP contribution in [0.3, 0.4) is 0 Å². The van der Waals surface area contributed by atoms with Crippen LogP contribution in [-0.4, -0.2) is 24.3 Å². The van der Waals surface area contributed by atoms with Crippen molar-refractivity contribution in [1.82, 2.24) is 0 Å². The van der Waals surface area contributed by atoms with Crippen LogP contribution in [0, 0.1) is 0 Å². The Morgan fingerprint density at radius 3 is 2.05 bits per heavy atom. The minimum absolute atomic E-state index is 0. The molecule has 4 nitrogen and oxygen atoms in total. The monoisotopic (exact) mass is 318 g/mol. The maximum absolute atomic E-state index is 11.0. The Morgan fingerprint density at radius 1 is 1.00 bits per heavy atom. The third-order valence-corrected chi connectivity index (χ3v) is 3.20. The van der Waals surface area contributed by atoms with E-state index in [0.717, 1.165) is 38.5 Å². The van der Waals surface area contributed by atoms with Gasteiger partial charge in [0.25, 0.3) is 0 Å². The SMILES string of the molecule is CCCCCOc1ccc(C(=O)O)cc1OCCCCC.[H-].[Na+]. The summed E-state index contributed by atoms with van der Waals surface area (Å²) >= 11 is 0. The Kier molecular flexibility index (Phi) is 12.4. The van der Waals surface area contributed by atoms with E-state index in [-0.39, 0.29) is 36.5 Å². The molecule has 0 heterocycles. The van der Waals surface area contributed by atoms with Crippen molar-refractivity contribution in [3.05, 3.63) is 23.8 Å². The van der Waals surface area contributed by atoms with Gasteiger partial charge < -0.3 is 16.0 Å². The minimum Gasteiger partial charge on any atom is -1.00 e. The molecule has 0 fully saturated rings. The first-order valence-electron chi connectivity index (χ1n) is 7.82. The molecule has 0 saturated heterocycles. The van der Waals surface area contributed by atoms with Gasteiger partial charge in [0.05, 0.1) is 18.8 Å². The van der Waals surface area contributed by atoms with Gasteiger partial charge >= 0.3 is 35.5 Å². The van der Waals surface area contributed by atoms with Gasteiger partial charge in [-0.15, -0.1) is 0 Å². The quantitative estimate of drug-likeness (QED) is 0.498. The second kappa shape index (κ2) is 12.8. The molecule has 0 unspecified atom stereocenters. The Balaban J connectivity index is 0. The van der Waals surface area contributed by atoms with Gasteiger partial charge in [-0.3, -0.25) is 0 Å². The van der Waals surface area contributed by atoms with Gasteiger partial charge in [0.15, 0.2) is 11.5 Å². The number of benzene rings is 1. The first kappa shape index (κ1) is 21.3. The number of hydrogen-bond donors (Lipinski definition) is 1. The van der Waals surface area contributed by atoms with E-state index in [1.165, 1.54) is 0 Å². The van der Waals surface area contributed by atoms with Gasteiger partial charge in [0.2, 0.25) is 0 Å². The maximum atomic E-state index is 11.0. The molecule has 5 heteroatoms. The second-order valence-electron chi connectivity index (χ2n) is 5.08. The third kappa shape index (κ3) is 8.06. The maximum Gasteiger partial charge on any atom is 1.00 e.